The fourth-order valence-electron chi connectivity index (χ4n) is 2.87. The standard InChI is InChI=1S/C18H20N2O4S/c1-2-20-9-8-13-14(10-20)25-17(16(13)18(22)23)19-15(21)11-24-12-6-4-3-5-7-12/h3-7H,2,8-11H2,1H3,(H,19,21)(H,22,23). The van der Waals surface area contributed by atoms with Crippen molar-refractivity contribution < 1.29 is 19.4 Å². The molecule has 0 atom stereocenters. The lowest BCUT2D eigenvalue weighted by Crippen LogP contribution is -2.29. The number of carbonyl (C=O) groups is 2. The molecule has 0 fully saturated rings. The Hall–Kier alpha value is -2.38. The summed E-state index contributed by atoms with van der Waals surface area (Å²) in [6.07, 6.45) is 0.692. The van der Waals surface area contributed by atoms with Crippen LogP contribution in [0.4, 0.5) is 5.00 Å². The first-order valence-corrected chi connectivity index (χ1v) is 8.98. The van der Waals surface area contributed by atoms with Crippen LogP contribution in [0, 0.1) is 0 Å². The number of hydrogen-bond donors (Lipinski definition) is 2. The molecule has 0 bridgehead atoms. The molecule has 3 rings (SSSR count). The summed E-state index contributed by atoms with van der Waals surface area (Å²) in [7, 11) is 0. The van der Waals surface area contributed by atoms with Crippen LogP contribution in [0.5, 0.6) is 5.75 Å². The molecule has 0 radical (unpaired) electrons. The van der Waals surface area contributed by atoms with Crippen LogP contribution >= 0.6 is 11.3 Å². The Balaban J connectivity index is 1.72. The first-order chi connectivity index (χ1) is 12.1. The smallest absolute Gasteiger partial charge is 0.339 e. The molecular formula is C18H20N2O4S. The average Bonchev–Trinajstić information content (AvgIpc) is 2.97. The summed E-state index contributed by atoms with van der Waals surface area (Å²) in [5.74, 6) is -0.765. The number of rotatable bonds is 6. The number of ether oxygens (including phenoxy) is 1. The number of hydrogen-bond acceptors (Lipinski definition) is 5. The van der Waals surface area contributed by atoms with E-state index in [2.05, 4.69) is 17.1 Å². The highest BCUT2D eigenvalue weighted by molar-refractivity contribution is 7.17. The van der Waals surface area contributed by atoms with E-state index < -0.39 is 5.97 Å². The fourth-order valence-corrected chi connectivity index (χ4v) is 4.17. The number of fused-ring (bicyclic) bond motifs is 1. The Morgan fingerprint density at radius 2 is 2.08 bits per heavy atom. The Kier molecular flexibility index (Phi) is 5.35. The Morgan fingerprint density at radius 1 is 1.32 bits per heavy atom. The minimum atomic E-state index is -0.998. The number of benzene rings is 1. The molecule has 2 N–H and O–H groups in total. The number of para-hydroxylation sites is 1. The van der Waals surface area contributed by atoms with Crippen molar-refractivity contribution in [3.05, 3.63) is 46.3 Å². The maximum Gasteiger partial charge on any atom is 0.339 e. The van der Waals surface area contributed by atoms with E-state index >= 15 is 0 Å². The molecule has 25 heavy (non-hydrogen) atoms. The van der Waals surface area contributed by atoms with Crippen molar-refractivity contribution in [2.75, 3.05) is 25.0 Å². The van der Waals surface area contributed by atoms with Gasteiger partial charge in [-0.2, -0.15) is 0 Å². The molecule has 1 aliphatic rings. The maximum atomic E-state index is 12.2. The van der Waals surface area contributed by atoms with E-state index in [1.807, 2.05) is 18.2 Å². The number of likely N-dealkylation sites (N-methyl/N-ethyl adjacent to an activating group) is 1. The van der Waals surface area contributed by atoms with Crippen molar-refractivity contribution in [1.82, 2.24) is 4.90 Å². The summed E-state index contributed by atoms with van der Waals surface area (Å²) in [5.41, 5.74) is 1.07. The molecule has 0 aliphatic carbocycles. The normalized spacial score (nSPS) is 14.0. The average molecular weight is 360 g/mol. The Labute approximate surface area is 150 Å². The van der Waals surface area contributed by atoms with E-state index in [1.54, 1.807) is 12.1 Å². The lowest BCUT2D eigenvalue weighted by Gasteiger charge is -2.25. The molecule has 0 saturated heterocycles. The van der Waals surface area contributed by atoms with Gasteiger partial charge in [0.25, 0.3) is 5.91 Å². The van der Waals surface area contributed by atoms with Crippen molar-refractivity contribution >= 4 is 28.2 Å². The molecular weight excluding hydrogens is 340 g/mol. The number of aromatic carboxylic acids is 1. The molecule has 0 spiro atoms. The minimum Gasteiger partial charge on any atom is -0.484 e. The number of amides is 1. The van der Waals surface area contributed by atoms with Crippen LogP contribution in [-0.2, 0) is 17.8 Å². The van der Waals surface area contributed by atoms with Gasteiger partial charge in [0.05, 0.1) is 5.56 Å². The van der Waals surface area contributed by atoms with E-state index in [0.29, 0.717) is 17.2 Å². The van der Waals surface area contributed by atoms with E-state index in [4.69, 9.17) is 4.74 Å². The number of nitrogens with one attached hydrogen (secondary N) is 1. The Morgan fingerprint density at radius 3 is 2.76 bits per heavy atom. The SMILES string of the molecule is CCN1CCc2c(sc(NC(=O)COc3ccccc3)c2C(=O)O)C1. The fraction of sp³-hybridized carbons (Fsp3) is 0.333. The highest BCUT2D eigenvalue weighted by atomic mass is 32.1. The van der Waals surface area contributed by atoms with Crippen LogP contribution in [0.25, 0.3) is 0 Å². The number of carbonyl (C=O) groups excluding carboxylic acids is 1. The first kappa shape index (κ1) is 17.4. The third-order valence-corrected chi connectivity index (χ3v) is 5.30. The molecule has 0 saturated carbocycles. The molecule has 1 amide bonds. The van der Waals surface area contributed by atoms with Crippen LogP contribution in [0.15, 0.2) is 30.3 Å². The highest BCUT2D eigenvalue weighted by Gasteiger charge is 2.28. The van der Waals surface area contributed by atoms with Crippen LogP contribution in [0.2, 0.25) is 0 Å². The van der Waals surface area contributed by atoms with Crippen molar-refractivity contribution in [1.29, 1.82) is 0 Å². The van der Waals surface area contributed by atoms with E-state index in [0.717, 1.165) is 30.1 Å². The van der Waals surface area contributed by atoms with Gasteiger partial charge in [-0.1, -0.05) is 25.1 Å². The summed E-state index contributed by atoms with van der Waals surface area (Å²) >= 11 is 1.35. The van der Waals surface area contributed by atoms with E-state index in [9.17, 15) is 14.7 Å². The molecule has 1 aromatic carbocycles. The topological polar surface area (TPSA) is 78.9 Å². The van der Waals surface area contributed by atoms with Crippen LogP contribution < -0.4 is 10.1 Å². The predicted molar refractivity (Wildman–Crippen MR) is 96.5 cm³/mol. The molecule has 1 aromatic heterocycles. The first-order valence-electron chi connectivity index (χ1n) is 8.16. The monoisotopic (exact) mass is 360 g/mol. The van der Waals surface area contributed by atoms with Gasteiger partial charge in [-0.25, -0.2) is 4.79 Å². The summed E-state index contributed by atoms with van der Waals surface area (Å²) < 4.78 is 5.41. The number of carboxylic acids is 1. The molecule has 1 aliphatic heterocycles. The van der Waals surface area contributed by atoms with Gasteiger partial charge in [-0.05, 0) is 30.7 Å². The van der Waals surface area contributed by atoms with Gasteiger partial charge in [0, 0.05) is 18.0 Å². The van der Waals surface area contributed by atoms with Crippen molar-refractivity contribution in [3.8, 4) is 5.75 Å². The van der Waals surface area contributed by atoms with Crippen molar-refractivity contribution in [3.63, 3.8) is 0 Å². The van der Waals surface area contributed by atoms with Gasteiger partial charge in [0.15, 0.2) is 6.61 Å². The van der Waals surface area contributed by atoms with Crippen LogP contribution in [0.3, 0.4) is 0 Å². The Bertz CT molecular complexity index is 773. The zero-order valence-electron chi connectivity index (χ0n) is 13.9. The lowest BCUT2D eigenvalue weighted by atomic mass is 10.0. The second-order valence-corrected chi connectivity index (χ2v) is 6.89. The van der Waals surface area contributed by atoms with Crippen LogP contribution in [0.1, 0.15) is 27.7 Å². The van der Waals surface area contributed by atoms with E-state index in [-0.39, 0.29) is 18.1 Å². The summed E-state index contributed by atoms with van der Waals surface area (Å²) in [4.78, 5) is 27.1. The minimum absolute atomic E-state index is 0.160. The largest absolute Gasteiger partial charge is 0.484 e. The van der Waals surface area contributed by atoms with Crippen molar-refractivity contribution in [2.45, 2.75) is 19.9 Å². The number of carboxylic acid groups (broad SMARTS) is 1. The second kappa shape index (κ2) is 7.67. The molecule has 132 valence electrons. The highest BCUT2D eigenvalue weighted by Crippen LogP contribution is 2.37. The van der Waals surface area contributed by atoms with Gasteiger partial charge in [0.1, 0.15) is 10.8 Å². The summed E-state index contributed by atoms with van der Waals surface area (Å²) in [5, 5.41) is 12.7. The van der Waals surface area contributed by atoms with Gasteiger partial charge in [0.2, 0.25) is 0 Å². The van der Waals surface area contributed by atoms with Gasteiger partial charge in [-0.15, -0.1) is 11.3 Å². The maximum absolute atomic E-state index is 12.2. The second-order valence-electron chi connectivity index (χ2n) is 5.78. The zero-order chi connectivity index (χ0) is 17.8. The van der Waals surface area contributed by atoms with E-state index in [1.165, 1.54) is 11.3 Å². The number of anilines is 1. The van der Waals surface area contributed by atoms with Gasteiger partial charge >= 0.3 is 5.97 Å². The quantitative estimate of drug-likeness (QED) is 0.828. The van der Waals surface area contributed by atoms with Crippen molar-refractivity contribution in [2.24, 2.45) is 0 Å². The molecule has 0 unspecified atom stereocenters. The summed E-state index contributed by atoms with van der Waals surface area (Å²) in [6.45, 7) is 4.41. The zero-order valence-corrected chi connectivity index (χ0v) is 14.8. The summed E-state index contributed by atoms with van der Waals surface area (Å²) in [6, 6.07) is 9.03. The number of thiophene rings is 1. The predicted octanol–water partition coefficient (Wildman–Crippen LogP) is 2.84. The van der Waals surface area contributed by atoms with Crippen LogP contribution in [-0.4, -0.2) is 41.6 Å². The molecule has 6 nitrogen and oxygen atoms in total. The number of nitrogens with zero attached hydrogens (tertiary/aromatic N) is 1. The third-order valence-electron chi connectivity index (χ3n) is 4.16. The van der Waals surface area contributed by atoms with Gasteiger partial charge in [-0.3, -0.25) is 9.69 Å². The molecule has 2 aromatic rings. The molecule has 7 heteroatoms. The molecule has 2 heterocycles. The third kappa shape index (κ3) is 4.00. The van der Waals surface area contributed by atoms with Gasteiger partial charge < -0.3 is 15.2 Å². The lowest BCUT2D eigenvalue weighted by molar-refractivity contribution is -0.118.